The van der Waals surface area contributed by atoms with E-state index < -0.39 is 0 Å². The molecule has 0 aliphatic carbocycles. The van der Waals surface area contributed by atoms with Gasteiger partial charge < -0.3 is 9.22 Å². The number of aryl methyl sites for hydroxylation is 1. The van der Waals surface area contributed by atoms with E-state index in [0.717, 1.165) is 38.2 Å². The Morgan fingerprint density at radius 3 is 2.58 bits per heavy atom. The van der Waals surface area contributed by atoms with Crippen molar-refractivity contribution in [2.24, 2.45) is 0 Å². The number of pyridine rings is 1. The molecule has 3 aromatic rings. The summed E-state index contributed by atoms with van der Waals surface area (Å²) in [6.45, 7) is 3.49. The average Bonchev–Trinajstić information content (AvgIpc) is 2.82. The molecule has 4 nitrogen and oxygen atoms in total. The normalized spacial score (nSPS) is 11.9. The molecule has 3 rings (SSSR count). The summed E-state index contributed by atoms with van der Waals surface area (Å²) in [7, 11) is 6.56. The summed E-state index contributed by atoms with van der Waals surface area (Å²) in [5.41, 5.74) is 4.28. The van der Waals surface area contributed by atoms with Gasteiger partial charge in [-0.25, -0.2) is 4.98 Å². The van der Waals surface area contributed by atoms with Crippen LogP contribution in [0.4, 0.5) is 0 Å². The molecule has 0 aliphatic heterocycles. The maximum Gasteiger partial charge on any atom is 0.180 e. The van der Waals surface area contributed by atoms with Crippen LogP contribution >= 0.6 is 15.9 Å². The minimum atomic E-state index is 0.512. The molecule has 0 fully saturated rings. The number of quaternary nitrogens is 1. The topological polar surface area (TPSA) is 26.5 Å². The Morgan fingerprint density at radius 2 is 1.88 bits per heavy atom. The molecule has 5 heteroatoms. The zero-order valence-electron chi connectivity index (χ0n) is 14.6. The lowest BCUT2D eigenvalue weighted by Gasteiger charge is -2.23. The maximum absolute atomic E-state index is 6.07. The molecule has 1 aromatic carbocycles. The van der Waals surface area contributed by atoms with Crippen LogP contribution in [0.5, 0.6) is 5.75 Å². The first-order chi connectivity index (χ1) is 11.3. The van der Waals surface area contributed by atoms with Crippen LogP contribution in [0, 0.1) is 6.92 Å². The third kappa shape index (κ3) is 3.62. The van der Waals surface area contributed by atoms with Gasteiger partial charge >= 0.3 is 0 Å². The van der Waals surface area contributed by atoms with Crippen LogP contribution < -0.4 is 4.74 Å². The summed E-state index contributed by atoms with van der Waals surface area (Å²) in [5, 5.41) is 0. The Kier molecular flexibility index (Phi) is 4.65. The number of fused-ring (bicyclic) bond motifs is 1. The number of hydrogen-bond acceptors (Lipinski definition) is 2. The van der Waals surface area contributed by atoms with E-state index in [1.165, 1.54) is 5.69 Å². The van der Waals surface area contributed by atoms with Crippen LogP contribution in [0.1, 0.15) is 17.0 Å². The molecule has 0 atom stereocenters. The fraction of sp³-hybridized carbons (Fsp3) is 0.316. The van der Waals surface area contributed by atoms with Gasteiger partial charge in [-0.2, -0.15) is 0 Å². The Labute approximate surface area is 151 Å². The standard InChI is InChI=1S/C19H23BrN3O/c1-14-17(12-23(2,3)4)22-11-7-10-18(19(22)21-14)24-13-15-8-5-6-9-16(15)20/h5-11H,12-13H2,1-4H3/q+1. The van der Waals surface area contributed by atoms with Crippen molar-refractivity contribution >= 4 is 21.6 Å². The highest BCUT2D eigenvalue weighted by Gasteiger charge is 2.18. The number of hydrogen-bond donors (Lipinski definition) is 0. The van der Waals surface area contributed by atoms with E-state index in [2.05, 4.69) is 60.7 Å². The molecular weight excluding hydrogens is 366 g/mol. The van der Waals surface area contributed by atoms with Gasteiger partial charge in [0.15, 0.2) is 11.4 Å². The lowest BCUT2D eigenvalue weighted by atomic mass is 10.2. The van der Waals surface area contributed by atoms with E-state index in [4.69, 9.17) is 9.72 Å². The zero-order chi connectivity index (χ0) is 17.3. The minimum Gasteiger partial charge on any atom is -0.485 e. The smallest absolute Gasteiger partial charge is 0.180 e. The number of imidazole rings is 1. The molecular formula is C19H23BrN3O+. The zero-order valence-corrected chi connectivity index (χ0v) is 16.2. The maximum atomic E-state index is 6.07. The molecule has 0 aliphatic rings. The summed E-state index contributed by atoms with van der Waals surface area (Å²) in [4.78, 5) is 4.75. The average molecular weight is 389 g/mol. The van der Waals surface area contributed by atoms with Crippen LogP contribution in [-0.2, 0) is 13.2 Å². The van der Waals surface area contributed by atoms with Crippen LogP contribution in [-0.4, -0.2) is 35.0 Å². The highest BCUT2D eigenvalue weighted by Crippen LogP contribution is 2.25. The molecule has 0 N–H and O–H groups in total. The first-order valence-electron chi connectivity index (χ1n) is 7.98. The van der Waals surface area contributed by atoms with Crippen molar-refractivity contribution in [1.29, 1.82) is 0 Å². The summed E-state index contributed by atoms with van der Waals surface area (Å²) < 4.78 is 10.1. The third-order valence-corrected chi connectivity index (χ3v) is 4.65. The Balaban J connectivity index is 1.92. The van der Waals surface area contributed by atoms with Crippen molar-refractivity contribution < 1.29 is 9.22 Å². The van der Waals surface area contributed by atoms with E-state index in [1.54, 1.807) is 0 Å². The first-order valence-corrected chi connectivity index (χ1v) is 8.78. The summed E-state index contributed by atoms with van der Waals surface area (Å²) in [5.74, 6) is 0.809. The van der Waals surface area contributed by atoms with E-state index >= 15 is 0 Å². The van der Waals surface area contributed by atoms with Gasteiger partial charge in [0.2, 0.25) is 0 Å². The summed E-state index contributed by atoms with van der Waals surface area (Å²) in [6.07, 6.45) is 2.06. The second-order valence-electron chi connectivity index (χ2n) is 7.04. The first kappa shape index (κ1) is 17.0. The molecule has 0 bridgehead atoms. The number of halogens is 1. The SMILES string of the molecule is Cc1nc2c(OCc3ccccc3Br)cccn2c1C[N+](C)(C)C. The molecule has 0 spiro atoms. The van der Waals surface area contributed by atoms with E-state index in [0.29, 0.717) is 6.61 Å². The van der Waals surface area contributed by atoms with Gasteiger partial charge in [-0.3, -0.25) is 4.40 Å². The van der Waals surface area contributed by atoms with Gasteiger partial charge in [-0.05, 0) is 25.1 Å². The van der Waals surface area contributed by atoms with Crippen LogP contribution in [0.3, 0.4) is 0 Å². The lowest BCUT2D eigenvalue weighted by Crippen LogP contribution is -2.34. The quantitative estimate of drug-likeness (QED) is 0.612. The fourth-order valence-electron chi connectivity index (χ4n) is 2.73. The minimum absolute atomic E-state index is 0.512. The van der Waals surface area contributed by atoms with E-state index in [9.17, 15) is 0 Å². The molecule has 24 heavy (non-hydrogen) atoms. The molecule has 0 saturated carbocycles. The predicted molar refractivity (Wildman–Crippen MR) is 100 cm³/mol. The van der Waals surface area contributed by atoms with Gasteiger partial charge in [-0.15, -0.1) is 0 Å². The van der Waals surface area contributed by atoms with Crippen molar-refractivity contribution in [3.63, 3.8) is 0 Å². The molecule has 126 valence electrons. The second kappa shape index (κ2) is 6.57. The molecule has 0 radical (unpaired) electrons. The Bertz CT molecular complexity index is 865. The summed E-state index contributed by atoms with van der Waals surface area (Å²) >= 11 is 3.57. The van der Waals surface area contributed by atoms with Gasteiger partial charge in [0.1, 0.15) is 18.8 Å². The van der Waals surface area contributed by atoms with Crippen molar-refractivity contribution in [3.05, 3.63) is 64.0 Å². The van der Waals surface area contributed by atoms with E-state index in [-0.39, 0.29) is 0 Å². The second-order valence-corrected chi connectivity index (χ2v) is 7.89. The van der Waals surface area contributed by atoms with Gasteiger partial charge in [-0.1, -0.05) is 34.1 Å². The lowest BCUT2D eigenvalue weighted by molar-refractivity contribution is -0.884. The molecule has 2 aromatic heterocycles. The Hall–Kier alpha value is -1.85. The molecule has 0 amide bonds. The third-order valence-electron chi connectivity index (χ3n) is 3.88. The Morgan fingerprint density at radius 1 is 1.12 bits per heavy atom. The van der Waals surface area contributed by atoms with Crippen molar-refractivity contribution in [2.45, 2.75) is 20.1 Å². The van der Waals surface area contributed by atoms with Gasteiger partial charge in [0.05, 0.1) is 26.8 Å². The van der Waals surface area contributed by atoms with Crippen LogP contribution in [0.25, 0.3) is 5.65 Å². The predicted octanol–water partition coefficient (Wildman–Crippen LogP) is 4.19. The van der Waals surface area contributed by atoms with Crippen LogP contribution in [0.15, 0.2) is 47.1 Å². The van der Waals surface area contributed by atoms with Crippen molar-refractivity contribution in [1.82, 2.24) is 9.38 Å². The highest BCUT2D eigenvalue weighted by molar-refractivity contribution is 9.10. The number of nitrogens with zero attached hydrogens (tertiary/aromatic N) is 3. The number of rotatable bonds is 5. The summed E-state index contributed by atoms with van der Waals surface area (Å²) in [6, 6.07) is 12.1. The highest BCUT2D eigenvalue weighted by atomic mass is 79.9. The van der Waals surface area contributed by atoms with E-state index in [1.807, 2.05) is 30.3 Å². The number of benzene rings is 1. The molecule has 0 unspecified atom stereocenters. The van der Waals surface area contributed by atoms with Gasteiger partial charge in [0.25, 0.3) is 0 Å². The van der Waals surface area contributed by atoms with Crippen LogP contribution in [0.2, 0.25) is 0 Å². The number of ether oxygens (including phenoxy) is 1. The van der Waals surface area contributed by atoms with Crippen molar-refractivity contribution in [3.8, 4) is 5.75 Å². The van der Waals surface area contributed by atoms with Gasteiger partial charge in [0, 0.05) is 16.2 Å². The molecule has 2 heterocycles. The fourth-order valence-corrected chi connectivity index (χ4v) is 3.13. The monoisotopic (exact) mass is 388 g/mol. The molecule has 0 saturated heterocycles. The number of aromatic nitrogens is 2. The van der Waals surface area contributed by atoms with Crippen molar-refractivity contribution in [2.75, 3.05) is 21.1 Å². The largest absolute Gasteiger partial charge is 0.485 e.